The molecule has 3 aromatic heterocycles. The number of benzene rings is 6. The number of para-hydroxylation sites is 1. The van der Waals surface area contributed by atoms with Crippen LogP contribution < -0.4 is 0 Å². The first-order valence-corrected chi connectivity index (χ1v) is 17.5. The van der Waals surface area contributed by atoms with E-state index in [-0.39, 0.29) is 0 Å². The Morgan fingerprint density at radius 1 is 0.627 bits per heavy atom. The molecule has 236 valence electrons. The first-order chi connectivity index (χ1) is 25.3. The normalized spacial score (nSPS) is 13.2. The van der Waals surface area contributed by atoms with Gasteiger partial charge in [0, 0.05) is 45.0 Å². The molecule has 0 radical (unpaired) electrons. The van der Waals surface area contributed by atoms with Crippen molar-refractivity contribution in [3.05, 3.63) is 145 Å². The van der Waals surface area contributed by atoms with Crippen molar-refractivity contribution in [2.75, 3.05) is 0 Å². The number of allylic oxidation sites excluding steroid dienone is 4. The molecule has 4 nitrogen and oxygen atoms in total. The summed E-state index contributed by atoms with van der Waals surface area (Å²) in [5, 5.41) is 6.64. The third kappa shape index (κ3) is 3.97. The molecular formula is C46H26N4S. The summed E-state index contributed by atoms with van der Waals surface area (Å²) in [5.74, 6) is 7.30. The maximum absolute atomic E-state index is 5.51. The van der Waals surface area contributed by atoms with Crippen molar-refractivity contribution in [3.8, 4) is 51.3 Å². The van der Waals surface area contributed by atoms with Gasteiger partial charge < -0.3 is 0 Å². The smallest absolute Gasteiger partial charge is 0.235 e. The van der Waals surface area contributed by atoms with Crippen LogP contribution >= 0.6 is 12.6 Å². The summed E-state index contributed by atoms with van der Waals surface area (Å²) >= 11 is 5.35. The van der Waals surface area contributed by atoms with Gasteiger partial charge in [-0.25, -0.2) is 9.97 Å². The summed E-state index contributed by atoms with van der Waals surface area (Å²) in [7, 11) is 0. The molecule has 51 heavy (non-hydrogen) atoms. The molecule has 0 atom stereocenters. The molecule has 0 saturated heterocycles. The molecule has 0 unspecified atom stereocenters. The number of nitrogens with zero attached hydrogens (tertiary/aromatic N) is 4. The van der Waals surface area contributed by atoms with E-state index in [0.717, 1.165) is 70.9 Å². The van der Waals surface area contributed by atoms with Crippen LogP contribution in [0, 0.1) is 11.8 Å². The number of rotatable bonds is 3. The third-order valence-corrected chi connectivity index (χ3v) is 10.8. The average Bonchev–Trinajstić information content (AvgIpc) is 3.56. The van der Waals surface area contributed by atoms with E-state index in [1.54, 1.807) is 0 Å². The van der Waals surface area contributed by atoms with Crippen molar-refractivity contribution < 1.29 is 0 Å². The van der Waals surface area contributed by atoms with Crippen LogP contribution in [0.1, 0.15) is 12.0 Å². The molecule has 9 aromatic rings. The first kappa shape index (κ1) is 28.4. The maximum Gasteiger partial charge on any atom is 0.235 e. The third-order valence-electron chi connectivity index (χ3n) is 10.4. The first-order valence-electron chi connectivity index (χ1n) is 17.1. The van der Waals surface area contributed by atoms with E-state index in [0.29, 0.717) is 12.4 Å². The van der Waals surface area contributed by atoms with E-state index in [2.05, 4.69) is 138 Å². The van der Waals surface area contributed by atoms with E-state index in [9.17, 15) is 0 Å². The van der Waals surface area contributed by atoms with Gasteiger partial charge in [0.1, 0.15) is 0 Å². The fraction of sp³-hybridized carbons (Fsp3) is 0.0217. The summed E-state index contributed by atoms with van der Waals surface area (Å²) in [5.41, 5.74) is 12.5. The summed E-state index contributed by atoms with van der Waals surface area (Å²) in [6.07, 6.45) is 8.82. The van der Waals surface area contributed by atoms with Crippen LogP contribution in [0.15, 0.2) is 145 Å². The second-order valence-corrected chi connectivity index (χ2v) is 13.5. The Balaban J connectivity index is 1.27. The van der Waals surface area contributed by atoms with E-state index in [1.165, 1.54) is 33.0 Å². The van der Waals surface area contributed by atoms with Crippen LogP contribution in [-0.4, -0.2) is 19.5 Å². The monoisotopic (exact) mass is 666 g/mol. The molecule has 0 aliphatic heterocycles. The number of hydrogen-bond acceptors (Lipinski definition) is 4. The molecule has 0 amide bonds. The Bertz CT molecular complexity index is 3110. The van der Waals surface area contributed by atoms with Gasteiger partial charge in [-0.1, -0.05) is 121 Å². The Morgan fingerprint density at radius 2 is 1.35 bits per heavy atom. The van der Waals surface area contributed by atoms with Gasteiger partial charge >= 0.3 is 0 Å². The van der Waals surface area contributed by atoms with E-state index >= 15 is 0 Å². The highest BCUT2D eigenvalue weighted by Gasteiger charge is 2.26. The second-order valence-electron chi connectivity index (χ2n) is 13.0. The van der Waals surface area contributed by atoms with Gasteiger partial charge in [-0.2, -0.15) is 0 Å². The van der Waals surface area contributed by atoms with Gasteiger partial charge in [-0.15, -0.1) is 12.6 Å². The van der Waals surface area contributed by atoms with Crippen molar-refractivity contribution in [2.45, 2.75) is 11.3 Å². The summed E-state index contributed by atoms with van der Waals surface area (Å²) in [6.45, 7) is 0. The van der Waals surface area contributed by atoms with Crippen molar-refractivity contribution in [1.29, 1.82) is 0 Å². The fourth-order valence-corrected chi connectivity index (χ4v) is 8.70. The Kier molecular flexibility index (Phi) is 5.98. The molecule has 0 saturated carbocycles. The molecule has 0 bridgehead atoms. The average molecular weight is 667 g/mol. The lowest BCUT2D eigenvalue weighted by Gasteiger charge is -2.16. The van der Waals surface area contributed by atoms with Gasteiger partial charge in [-0.3, -0.25) is 9.55 Å². The minimum absolute atomic E-state index is 0.570. The Morgan fingerprint density at radius 3 is 2.24 bits per heavy atom. The largest absolute Gasteiger partial charge is 0.275 e. The van der Waals surface area contributed by atoms with Crippen LogP contribution in [0.3, 0.4) is 0 Å². The molecule has 0 N–H and O–H groups in total. The van der Waals surface area contributed by atoms with Crippen molar-refractivity contribution in [3.63, 3.8) is 0 Å². The lowest BCUT2D eigenvalue weighted by molar-refractivity contribution is 1.01. The molecule has 6 aromatic carbocycles. The molecule has 2 aliphatic rings. The minimum atomic E-state index is 0.570. The molecule has 2 aliphatic carbocycles. The molecule has 5 heteroatoms. The highest BCUT2D eigenvalue weighted by molar-refractivity contribution is 7.80. The van der Waals surface area contributed by atoms with Crippen LogP contribution in [0.5, 0.6) is 0 Å². The lowest BCUT2D eigenvalue weighted by Crippen LogP contribution is -2.05. The number of pyridine rings is 1. The van der Waals surface area contributed by atoms with Gasteiger partial charge in [0.15, 0.2) is 0 Å². The summed E-state index contributed by atoms with van der Waals surface area (Å²) in [6, 6.07) is 40.7. The summed E-state index contributed by atoms with van der Waals surface area (Å²) in [4.78, 5) is 16.6. The highest BCUT2D eigenvalue weighted by Crippen LogP contribution is 2.50. The predicted molar refractivity (Wildman–Crippen MR) is 213 cm³/mol. The SMILES string of the molecule is Sc1c(C2=CC=CCC#C2)c2ccccc2c2c3ncccc3n(-c3nc(-c4ccc5c6c(cccc46)-c4ccccc4-5)c4ccccc4n3)c12. The van der Waals surface area contributed by atoms with Gasteiger partial charge in [0.25, 0.3) is 0 Å². The predicted octanol–water partition coefficient (Wildman–Crippen LogP) is 11.4. The number of thiol groups is 1. The van der Waals surface area contributed by atoms with Crippen LogP contribution in [0.25, 0.3) is 99.4 Å². The molecule has 11 rings (SSSR count). The highest BCUT2D eigenvalue weighted by atomic mass is 32.1. The van der Waals surface area contributed by atoms with Crippen LogP contribution in [0.2, 0.25) is 0 Å². The van der Waals surface area contributed by atoms with E-state index in [4.69, 9.17) is 27.6 Å². The Labute approximate surface area is 298 Å². The topological polar surface area (TPSA) is 43.6 Å². The van der Waals surface area contributed by atoms with Crippen molar-refractivity contribution in [1.82, 2.24) is 19.5 Å². The number of aromatic nitrogens is 4. The fourth-order valence-electron chi connectivity index (χ4n) is 8.25. The zero-order valence-electron chi connectivity index (χ0n) is 27.2. The molecule has 0 spiro atoms. The number of fused-ring (bicyclic) bond motifs is 9. The van der Waals surface area contributed by atoms with Crippen molar-refractivity contribution >= 4 is 72.6 Å². The van der Waals surface area contributed by atoms with Crippen LogP contribution in [0.4, 0.5) is 0 Å². The van der Waals surface area contributed by atoms with Gasteiger partial charge in [0.2, 0.25) is 5.95 Å². The zero-order valence-corrected chi connectivity index (χ0v) is 28.1. The van der Waals surface area contributed by atoms with Gasteiger partial charge in [-0.05, 0) is 68.1 Å². The Hall–Kier alpha value is -6.48. The quantitative estimate of drug-likeness (QED) is 0.151. The van der Waals surface area contributed by atoms with Crippen molar-refractivity contribution in [2.24, 2.45) is 0 Å². The van der Waals surface area contributed by atoms with E-state index < -0.39 is 0 Å². The minimum Gasteiger partial charge on any atom is -0.275 e. The number of hydrogen-bond donors (Lipinski definition) is 1. The second kappa shape index (κ2) is 10.8. The standard InChI is InChI=1S/C46H26N4S/c51-45-39(27-13-3-1-2-4-14-27)31-17-7-8-18-32(31)41-43-38(23-12-26-47-43)50(44(41)45)46-48-37-22-10-9-19-36(37)42(49-46)35-25-24-34-29-16-6-5-15-28(29)30-20-11-21-33(35)40(30)34/h1,3,5-13,15-26,51H,2H2. The van der Waals surface area contributed by atoms with E-state index in [1.807, 2.05) is 18.3 Å². The van der Waals surface area contributed by atoms with Crippen LogP contribution in [-0.2, 0) is 0 Å². The molecule has 3 heterocycles. The molecular weight excluding hydrogens is 641 g/mol. The lowest BCUT2D eigenvalue weighted by atomic mass is 9.95. The van der Waals surface area contributed by atoms with Gasteiger partial charge in [0.05, 0.1) is 27.8 Å². The summed E-state index contributed by atoms with van der Waals surface area (Å²) < 4.78 is 2.16. The molecule has 0 fully saturated rings. The maximum atomic E-state index is 5.51. The zero-order chi connectivity index (χ0) is 33.6.